The Morgan fingerprint density at radius 2 is 1.68 bits per heavy atom. The number of aliphatic hydroxyl groups is 1. The fraction of sp³-hybridized carbons (Fsp3) is 0.867. The number of hydrogen-bond donors (Lipinski definition) is 3. The number of carbonyl (C=O) groups is 2. The molecule has 0 aromatic rings. The molecule has 0 bridgehead atoms. The molecule has 0 spiro atoms. The van der Waals surface area contributed by atoms with Crippen LogP contribution in [0.2, 0.25) is 0 Å². The summed E-state index contributed by atoms with van der Waals surface area (Å²) in [6.07, 6.45) is -2.43. The van der Waals surface area contributed by atoms with E-state index in [9.17, 15) is 9.59 Å². The highest BCUT2D eigenvalue weighted by Gasteiger charge is 2.33. The third kappa shape index (κ3) is 9.57. The molecular formula is C15H30N2O5. The molecular weight excluding hydrogens is 288 g/mol. The minimum Gasteiger partial charge on any atom is -0.433 e. The number of amides is 2. The predicted molar refractivity (Wildman–Crippen MR) is 83.6 cm³/mol. The molecule has 2 amide bonds. The first kappa shape index (κ1) is 20.7. The third-order valence-corrected chi connectivity index (χ3v) is 2.35. The summed E-state index contributed by atoms with van der Waals surface area (Å²) in [4.78, 5) is 24.0. The van der Waals surface area contributed by atoms with Gasteiger partial charge < -0.3 is 25.2 Å². The van der Waals surface area contributed by atoms with Gasteiger partial charge in [0.25, 0.3) is 5.91 Å². The molecule has 0 rings (SSSR count). The van der Waals surface area contributed by atoms with Crippen molar-refractivity contribution in [2.75, 3.05) is 13.2 Å². The van der Waals surface area contributed by atoms with E-state index in [1.165, 1.54) is 0 Å². The minimum absolute atomic E-state index is 0.0851. The molecule has 130 valence electrons. The van der Waals surface area contributed by atoms with Gasteiger partial charge in [0, 0.05) is 12.1 Å². The van der Waals surface area contributed by atoms with Gasteiger partial charge >= 0.3 is 6.09 Å². The maximum atomic E-state index is 12.1. The van der Waals surface area contributed by atoms with Crippen LogP contribution in [0.4, 0.5) is 4.79 Å². The summed E-state index contributed by atoms with van der Waals surface area (Å²) in [5.41, 5.74) is -0.962. The van der Waals surface area contributed by atoms with E-state index in [-0.39, 0.29) is 13.2 Å². The van der Waals surface area contributed by atoms with Crippen molar-refractivity contribution in [1.82, 2.24) is 10.6 Å². The Bertz CT molecular complexity index is 371. The molecule has 2 unspecified atom stereocenters. The van der Waals surface area contributed by atoms with E-state index in [1.807, 2.05) is 41.5 Å². The van der Waals surface area contributed by atoms with Crippen molar-refractivity contribution in [3.05, 3.63) is 0 Å². The highest BCUT2D eigenvalue weighted by Crippen LogP contribution is 2.15. The molecule has 0 radical (unpaired) electrons. The van der Waals surface area contributed by atoms with E-state index >= 15 is 0 Å². The summed E-state index contributed by atoms with van der Waals surface area (Å²) in [5, 5.41) is 13.9. The van der Waals surface area contributed by atoms with Crippen molar-refractivity contribution < 1.29 is 24.2 Å². The Hall–Kier alpha value is -1.34. The Kier molecular flexibility index (Phi) is 7.83. The van der Waals surface area contributed by atoms with Crippen molar-refractivity contribution in [2.24, 2.45) is 0 Å². The summed E-state index contributed by atoms with van der Waals surface area (Å²) < 4.78 is 10.9. The SMILES string of the molecule is CC(OC(C)(C)C)C(OC(=O)NC(C)(C)C)C(=O)NCCO. The van der Waals surface area contributed by atoms with E-state index < -0.39 is 35.3 Å². The zero-order valence-corrected chi connectivity index (χ0v) is 14.6. The first-order chi connectivity index (χ1) is 9.85. The van der Waals surface area contributed by atoms with Crippen LogP contribution in [-0.4, -0.2) is 53.6 Å². The van der Waals surface area contributed by atoms with Gasteiger partial charge in [-0.2, -0.15) is 0 Å². The predicted octanol–water partition coefficient (Wildman–Crippen LogP) is 1.19. The quantitative estimate of drug-likeness (QED) is 0.683. The van der Waals surface area contributed by atoms with Crippen LogP contribution in [0.1, 0.15) is 48.5 Å². The number of rotatable bonds is 6. The normalized spacial score (nSPS) is 14.9. The molecule has 0 aliphatic rings. The van der Waals surface area contributed by atoms with Gasteiger partial charge in [0.05, 0.1) is 12.2 Å². The van der Waals surface area contributed by atoms with Gasteiger partial charge in [-0.1, -0.05) is 0 Å². The van der Waals surface area contributed by atoms with E-state index in [1.54, 1.807) is 6.92 Å². The lowest BCUT2D eigenvalue weighted by Gasteiger charge is -2.30. The van der Waals surface area contributed by atoms with Crippen molar-refractivity contribution in [1.29, 1.82) is 0 Å². The fourth-order valence-electron chi connectivity index (χ4n) is 1.71. The first-order valence-electron chi connectivity index (χ1n) is 7.41. The summed E-state index contributed by atoms with van der Waals surface area (Å²) in [7, 11) is 0. The van der Waals surface area contributed by atoms with E-state index in [2.05, 4.69) is 10.6 Å². The molecule has 0 aliphatic carbocycles. The van der Waals surface area contributed by atoms with Gasteiger partial charge in [-0.3, -0.25) is 4.79 Å². The molecule has 0 aliphatic heterocycles. The molecule has 0 aromatic heterocycles. The second-order valence-electron chi connectivity index (χ2n) is 7.15. The fourth-order valence-corrected chi connectivity index (χ4v) is 1.71. The number of nitrogens with one attached hydrogen (secondary N) is 2. The zero-order chi connectivity index (χ0) is 17.6. The number of carbonyl (C=O) groups excluding carboxylic acids is 2. The van der Waals surface area contributed by atoms with Gasteiger partial charge in [-0.25, -0.2) is 4.79 Å². The lowest BCUT2D eigenvalue weighted by molar-refractivity contribution is -0.146. The average molecular weight is 318 g/mol. The van der Waals surface area contributed by atoms with Crippen LogP contribution in [0.3, 0.4) is 0 Å². The van der Waals surface area contributed by atoms with Crippen LogP contribution in [-0.2, 0) is 14.3 Å². The average Bonchev–Trinajstić information content (AvgIpc) is 2.28. The molecule has 3 N–H and O–H groups in total. The summed E-state index contributed by atoms with van der Waals surface area (Å²) in [6.45, 7) is 12.5. The second kappa shape index (κ2) is 8.33. The van der Waals surface area contributed by atoms with Crippen LogP contribution >= 0.6 is 0 Å². The van der Waals surface area contributed by atoms with Gasteiger partial charge in [-0.15, -0.1) is 0 Å². The third-order valence-electron chi connectivity index (χ3n) is 2.35. The van der Waals surface area contributed by atoms with Gasteiger partial charge in [0.15, 0.2) is 0 Å². The van der Waals surface area contributed by atoms with Crippen molar-refractivity contribution in [2.45, 2.75) is 71.8 Å². The molecule has 22 heavy (non-hydrogen) atoms. The topological polar surface area (TPSA) is 96.9 Å². The Balaban J connectivity index is 4.93. The highest BCUT2D eigenvalue weighted by atomic mass is 16.6. The first-order valence-corrected chi connectivity index (χ1v) is 7.41. The largest absolute Gasteiger partial charge is 0.433 e. The van der Waals surface area contributed by atoms with Crippen molar-refractivity contribution >= 4 is 12.0 Å². The molecule has 7 heteroatoms. The van der Waals surface area contributed by atoms with Gasteiger partial charge in [0.1, 0.15) is 6.10 Å². The Morgan fingerprint density at radius 1 is 1.14 bits per heavy atom. The summed E-state index contributed by atoms with van der Waals surface area (Å²) in [6, 6.07) is 0. The number of hydrogen-bond acceptors (Lipinski definition) is 5. The van der Waals surface area contributed by atoms with Crippen LogP contribution in [0.25, 0.3) is 0 Å². The van der Waals surface area contributed by atoms with E-state index in [0.717, 1.165) is 0 Å². The Labute approximate surface area is 132 Å². The molecule has 0 fully saturated rings. The molecule has 0 saturated carbocycles. The Morgan fingerprint density at radius 3 is 2.09 bits per heavy atom. The molecule has 2 atom stereocenters. The minimum atomic E-state index is -1.10. The number of ether oxygens (including phenoxy) is 2. The number of alkyl carbamates (subject to hydrolysis) is 1. The van der Waals surface area contributed by atoms with E-state index in [0.29, 0.717) is 0 Å². The zero-order valence-electron chi connectivity index (χ0n) is 14.6. The lowest BCUT2D eigenvalue weighted by atomic mass is 10.1. The van der Waals surface area contributed by atoms with Crippen LogP contribution in [0, 0.1) is 0 Å². The standard InChI is InChI=1S/C15H30N2O5/c1-10(22-15(5,6)7)11(12(19)16-8-9-18)21-13(20)17-14(2,3)4/h10-11,18H,8-9H2,1-7H3,(H,16,19)(H,17,20). The summed E-state index contributed by atoms with van der Waals surface area (Å²) in [5.74, 6) is -0.505. The maximum absolute atomic E-state index is 12.1. The van der Waals surface area contributed by atoms with Crippen LogP contribution in [0.5, 0.6) is 0 Å². The highest BCUT2D eigenvalue weighted by molar-refractivity contribution is 5.84. The number of aliphatic hydroxyl groups excluding tert-OH is 1. The monoisotopic (exact) mass is 318 g/mol. The molecule has 0 aromatic carbocycles. The molecule has 7 nitrogen and oxygen atoms in total. The second-order valence-corrected chi connectivity index (χ2v) is 7.15. The maximum Gasteiger partial charge on any atom is 0.408 e. The van der Waals surface area contributed by atoms with Crippen LogP contribution in [0.15, 0.2) is 0 Å². The van der Waals surface area contributed by atoms with Crippen LogP contribution < -0.4 is 10.6 Å². The van der Waals surface area contributed by atoms with Crippen molar-refractivity contribution in [3.8, 4) is 0 Å². The lowest BCUT2D eigenvalue weighted by Crippen LogP contribution is -2.51. The van der Waals surface area contributed by atoms with Crippen molar-refractivity contribution in [3.63, 3.8) is 0 Å². The van der Waals surface area contributed by atoms with Gasteiger partial charge in [-0.05, 0) is 48.5 Å². The molecule has 0 saturated heterocycles. The summed E-state index contributed by atoms with van der Waals surface area (Å²) >= 11 is 0. The smallest absolute Gasteiger partial charge is 0.408 e. The molecule has 0 heterocycles. The van der Waals surface area contributed by atoms with E-state index in [4.69, 9.17) is 14.6 Å². The van der Waals surface area contributed by atoms with Gasteiger partial charge in [0.2, 0.25) is 6.10 Å².